The smallest absolute Gasteiger partial charge is 0.194 e. The molecule has 2 aromatic rings. The van der Waals surface area contributed by atoms with Gasteiger partial charge in [-0.2, -0.15) is 0 Å². The molecule has 0 radical (unpaired) electrons. The first-order valence-electron chi connectivity index (χ1n) is 7.20. The van der Waals surface area contributed by atoms with E-state index >= 15 is 0 Å². The molecule has 0 unspecified atom stereocenters. The Morgan fingerprint density at radius 1 is 0.810 bits per heavy atom. The van der Waals surface area contributed by atoms with Crippen molar-refractivity contribution in [3.05, 3.63) is 69.5 Å². The van der Waals surface area contributed by atoms with Crippen molar-refractivity contribution < 1.29 is 14.0 Å². The Balaban J connectivity index is 2.01. The molecule has 2 aliphatic carbocycles. The molecule has 0 N–H and O–H groups in total. The Morgan fingerprint density at radius 2 is 1.57 bits per heavy atom. The third-order valence-corrected chi connectivity index (χ3v) is 4.48. The van der Waals surface area contributed by atoms with Crippen LogP contribution in [-0.4, -0.2) is 11.6 Å². The minimum absolute atomic E-state index is 0.173. The first-order valence-corrected chi connectivity index (χ1v) is 7.20. The predicted molar refractivity (Wildman–Crippen MR) is 76.3 cm³/mol. The molecule has 0 bridgehead atoms. The lowest BCUT2D eigenvalue weighted by Gasteiger charge is -2.24. The lowest BCUT2D eigenvalue weighted by molar-refractivity contribution is 0.0977. The minimum Gasteiger partial charge on any atom is -0.289 e. The van der Waals surface area contributed by atoms with E-state index < -0.39 is 5.82 Å². The number of benzene rings is 2. The molecule has 0 spiro atoms. The SMILES string of the molecule is O=C1c2ccc(F)cc2C(=O)c2c1ccc1c2CCCC1. The van der Waals surface area contributed by atoms with Crippen LogP contribution in [0.1, 0.15) is 55.8 Å². The van der Waals surface area contributed by atoms with Gasteiger partial charge in [0, 0.05) is 22.3 Å². The first kappa shape index (κ1) is 12.5. The van der Waals surface area contributed by atoms with Gasteiger partial charge in [-0.05, 0) is 61.1 Å². The number of carbonyl (C=O) groups excluding carboxylic acids is 2. The molecule has 4 rings (SSSR count). The summed E-state index contributed by atoms with van der Waals surface area (Å²) in [6.07, 6.45) is 3.91. The summed E-state index contributed by atoms with van der Waals surface area (Å²) in [5.41, 5.74) is 3.64. The highest BCUT2D eigenvalue weighted by Gasteiger charge is 2.33. The molecular weight excluding hydrogens is 267 g/mol. The third-order valence-electron chi connectivity index (χ3n) is 4.48. The van der Waals surface area contributed by atoms with Gasteiger partial charge in [0.2, 0.25) is 0 Å². The fraction of sp³-hybridized carbons (Fsp3) is 0.222. The summed E-state index contributed by atoms with van der Waals surface area (Å²) in [6.45, 7) is 0. The van der Waals surface area contributed by atoms with Gasteiger partial charge >= 0.3 is 0 Å². The molecule has 2 aliphatic rings. The number of aryl methyl sites for hydroxylation is 1. The van der Waals surface area contributed by atoms with Gasteiger partial charge in [-0.15, -0.1) is 0 Å². The molecule has 0 aromatic heterocycles. The standard InChI is InChI=1S/C18H13FO2/c19-11-6-8-13-15(9-11)18(21)16-12-4-2-1-3-10(12)5-7-14(16)17(13)20/h5-9H,1-4H2. The van der Waals surface area contributed by atoms with Gasteiger partial charge in [0.15, 0.2) is 11.6 Å². The molecule has 0 heterocycles. The zero-order valence-corrected chi connectivity index (χ0v) is 11.4. The van der Waals surface area contributed by atoms with Crippen LogP contribution in [0.3, 0.4) is 0 Å². The van der Waals surface area contributed by atoms with E-state index in [0.717, 1.165) is 36.8 Å². The second-order valence-corrected chi connectivity index (χ2v) is 5.68. The predicted octanol–water partition coefficient (Wildman–Crippen LogP) is 3.48. The first-order chi connectivity index (χ1) is 10.2. The van der Waals surface area contributed by atoms with Crippen LogP contribution in [0, 0.1) is 5.82 Å². The van der Waals surface area contributed by atoms with Crippen LogP contribution < -0.4 is 0 Å². The molecule has 0 atom stereocenters. The summed E-state index contributed by atoms with van der Waals surface area (Å²) >= 11 is 0. The summed E-state index contributed by atoms with van der Waals surface area (Å²) in [6, 6.07) is 7.54. The molecule has 2 nitrogen and oxygen atoms in total. The Labute approximate surface area is 121 Å². The number of hydrogen-bond donors (Lipinski definition) is 0. The van der Waals surface area contributed by atoms with Crippen LogP contribution >= 0.6 is 0 Å². The van der Waals surface area contributed by atoms with Crippen molar-refractivity contribution in [2.24, 2.45) is 0 Å². The summed E-state index contributed by atoms with van der Waals surface area (Å²) < 4.78 is 13.4. The maximum absolute atomic E-state index is 13.4. The van der Waals surface area contributed by atoms with Gasteiger partial charge in [0.1, 0.15) is 5.82 Å². The normalized spacial score (nSPS) is 16.2. The van der Waals surface area contributed by atoms with E-state index in [1.165, 1.54) is 18.2 Å². The van der Waals surface area contributed by atoms with Crippen molar-refractivity contribution in [2.75, 3.05) is 0 Å². The Hall–Kier alpha value is -2.29. The molecule has 0 saturated heterocycles. The van der Waals surface area contributed by atoms with Gasteiger partial charge in [-0.3, -0.25) is 9.59 Å². The number of ketones is 2. The number of fused-ring (bicyclic) bond motifs is 4. The number of carbonyl (C=O) groups is 2. The zero-order chi connectivity index (χ0) is 14.6. The van der Waals surface area contributed by atoms with E-state index in [1.54, 1.807) is 6.07 Å². The highest BCUT2D eigenvalue weighted by atomic mass is 19.1. The van der Waals surface area contributed by atoms with E-state index in [-0.39, 0.29) is 17.1 Å². The quantitative estimate of drug-likeness (QED) is 0.632. The van der Waals surface area contributed by atoms with Crippen LogP contribution in [0.5, 0.6) is 0 Å². The highest BCUT2D eigenvalue weighted by molar-refractivity contribution is 6.29. The highest BCUT2D eigenvalue weighted by Crippen LogP contribution is 2.34. The van der Waals surface area contributed by atoms with E-state index in [0.29, 0.717) is 16.7 Å². The van der Waals surface area contributed by atoms with E-state index in [4.69, 9.17) is 0 Å². The summed E-state index contributed by atoms with van der Waals surface area (Å²) in [7, 11) is 0. The van der Waals surface area contributed by atoms with Crippen molar-refractivity contribution >= 4 is 11.6 Å². The summed E-state index contributed by atoms with van der Waals surface area (Å²) in [5.74, 6) is -0.867. The van der Waals surface area contributed by atoms with E-state index in [2.05, 4.69) is 0 Å². The van der Waals surface area contributed by atoms with Gasteiger partial charge in [0.25, 0.3) is 0 Å². The number of rotatable bonds is 0. The van der Waals surface area contributed by atoms with Gasteiger partial charge in [-0.25, -0.2) is 4.39 Å². The fourth-order valence-corrected chi connectivity index (χ4v) is 3.46. The lowest BCUT2D eigenvalue weighted by atomic mass is 9.77. The number of hydrogen-bond acceptors (Lipinski definition) is 2. The van der Waals surface area contributed by atoms with Crippen molar-refractivity contribution in [3.8, 4) is 0 Å². The van der Waals surface area contributed by atoms with Crippen molar-refractivity contribution in [1.29, 1.82) is 0 Å². The zero-order valence-electron chi connectivity index (χ0n) is 11.4. The molecule has 3 heteroatoms. The molecule has 104 valence electrons. The van der Waals surface area contributed by atoms with Crippen molar-refractivity contribution in [3.63, 3.8) is 0 Å². The lowest BCUT2D eigenvalue weighted by Crippen LogP contribution is -2.24. The third kappa shape index (κ3) is 1.70. The van der Waals surface area contributed by atoms with Crippen molar-refractivity contribution in [2.45, 2.75) is 25.7 Å². The molecular formula is C18H13FO2. The van der Waals surface area contributed by atoms with E-state index in [1.807, 2.05) is 6.07 Å². The van der Waals surface area contributed by atoms with Crippen LogP contribution in [-0.2, 0) is 12.8 Å². The van der Waals surface area contributed by atoms with Gasteiger partial charge in [-0.1, -0.05) is 6.07 Å². The maximum atomic E-state index is 13.4. The number of halogens is 1. The molecule has 0 aliphatic heterocycles. The maximum Gasteiger partial charge on any atom is 0.194 e. The van der Waals surface area contributed by atoms with E-state index in [9.17, 15) is 14.0 Å². The Morgan fingerprint density at radius 3 is 2.43 bits per heavy atom. The van der Waals surface area contributed by atoms with Crippen LogP contribution in [0.2, 0.25) is 0 Å². The average Bonchev–Trinajstić information content (AvgIpc) is 2.51. The molecule has 0 amide bonds. The van der Waals surface area contributed by atoms with Crippen LogP contribution in [0.15, 0.2) is 30.3 Å². The Kier molecular flexibility index (Phi) is 2.58. The molecule has 0 fully saturated rings. The minimum atomic E-state index is -0.483. The average molecular weight is 280 g/mol. The largest absolute Gasteiger partial charge is 0.289 e. The van der Waals surface area contributed by atoms with Crippen LogP contribution in [0.25, 0.3) is 0 Å². The monoisotopic (exact) mass is 280 g/mol. The van der Waals surface area contributed by atoms with Gasteiger partial charge in [0.05, 0.1) is 0 Å². The second-order valence-electron chi connectivity index (χ2n) is 5.68. The molecule has 21 heavy (non-hydrogen) atoms. The summed E-state index contributed by atoms with van der Waals surface area (Å²) in [5, 5.41) is 0. The topological polar surface area (TPSA) is 34.1 Å². The van der Waals surface area contributed by atoms with Crippen LogP contribution in [0.4, 0.5) is 4.39 Å². The Bertz CT molecular complexity index is 805. The van der Waals surface area contributed by atoms with Crippen molar-refractivity contribution in [1.82, 2.24) is 0 Å². The summed E-state index contributed by atoms with van der Waals surface area (Å²) in [4.78, 5) is 25.3. The molecule has 2 aromatic carbocycles. The fourth-order valence-electron chi connectivity index (χ4n) is 3.46. The molecule has 0 saturated carbocycles. The second kappa shape index (κ2) is 4.35. The van der Waals surface area contributed by atoms with Gasteiger partial charge < -0.3 is 0 Å².